The van der Waals surface area contributed by atoms with Gasteiger partial charge in [-0.05, 0) is 57.8 Å². The quantitative estimate of drug-likeness (QED) is 0.197. The molecule has 5 aromatic rings. The summed E-state index contributed by atoms with van der Waals surface area (Å²) >= 11 is 3.77. The van der Waals surface area contributed by atoms with E-state index in [1.165, 1.54) is 49.4 Å². The fourth-order valence-electron chi connectivity index (χ4n) is 4.59. The van der Waals surface area contributed by atoms with E-state index in [0.29, 0.717) is 4.83 Å². The second-order valence-corrected chi connectivity index (χ2v) is 8.66. The molecular weight excluding hydrogens is 406 g/mol. The van der Waals surface area contributed by atoms with Gasteiger partial charge >= 0.3 is 0 Å². The first-order valence-corrected chi connectivity index (χ1v) is 10.6. The highest BCUT2D eigenvalue weighted by Gasteiger charge is 2.21. The van der Waals surface area contributed by atoms with Crippen LogP contribution in [0.25, 0.3) is 44.2 Å². The van der Waals surface area contributed by atoms with E-state index in [1.807, 2.05) is 0 Å². The van der Waals surface area contributed by atoms with Crippen LogP contribution >= 0.6 is 15.9 Å². The van der Waals surface area contributed by atoms with Gasteiger partial charge in [0.15, 0.2) is 0 Å². The zero-order valence-electron chi connectivity index (χ0n) is 15.3. The Morgan fingerprint density at radius 2 is 1.50 bits per heavy atom. The van der Waals surface area contributed by atoms with Gasteiger partial charge in [-0.15, -0.1) is 0 Å². The lowest BCUT2D eigenvalue weighted by Crippen LogP contribution is -2.07. The van der Waals surface area contributed by atoms with Gasteiger partial charge in [0.2, 0.25) is 0 Å². The molecule has 0 saturated heterocycles. The number of alkyl halides is 1. The van der Waals surface area contributed by atoms with E-state index in [-0.39, 0.29) is 0 Å². The summed E-state index contributed by atoms with van der Waals surface area (Å²) in [4.78, 5) is 0.405. The summed E-state index contributed by atoms with van der Waals surface area (Å²) in [5.74, 6) is 0. The molecule has 1 heterocycles. The maximum Gasteiger partial charge on any atom is 0.0537 e. The number of hydrogen-bond acceptors (Lipinski definition) is 0. The molecule has 28 heavy (non-hydrogen) atoms. The van der Waals surface area contributed by atoms with Crippen LogP contribution in [0.4, 0.5) is 0 Å². The van der Waals surface area contributed by atoms with Crippen molar-refractivity contribution in [2.75, 3.05) is 0 Å². The highest BCUT2D eigenvalue weighted by Crippen LogP contribution is 2.36. The second-order valence-electron chi connectivity index (χ2n) is 7.49. The lowest BCUT2D eigenvalue weighted by molar-refractivity contribution is 0.993. The van der Waals surface area contributed by atoms with Crippen LogP contribution in [0, 0.1) is 0 Å². The fraction of sp³-hybridized carbons (Fsp3) is 0.0769. The van der Waals surface area contributed by atoms with E-state index in [0.717, 1.165) is 6.42 Å². The molecule has 0 radical (unpaired) electrons. The summed E-state index contributed by atoms with van der Waals surface area (Å²) in [5, 5.41) is 6.54. The second kappa shape index (κ2) is 6.08. The third-order valence-corrected chi connectivity index (χ3v) is 6.50. The fourth-order valence-corrected chi connectivity index (χ4v) is 5.07. The van der Waals surface area contributed by atoms with Crippen LogP contribution in [0.5, 0.6) is 0 Å². The summed E-state index contributed by atoms with van der Waals surface area (Å²) in [5.41, 5.74) is 5.23. The highest BCUT2D eigenvalue weighted by molar-refractivity contribution is 9.09. The van der Waals surface area contributed by atoms with E-state index >= 15 is 0 Å². The number of halogens is 1. The van der Waals surface area contributed by atoms with Crippen LogP contribution in [0.3, 0.4) is 0 Å². The van der Waals surface area contributed by atoms with Crippen LogP contribution in [-0.2, 0) is 6.42 Å². The Balaban J connectivity index is 1.65. The minimum absolute atomic E-state index is 0.405. The van der Waals surface area contributed by atoms with Crippen molar-refractivity contribution in [3.8, 4) is 5.69 Å². The maximum absolute atomic E-state index is 3.77. The summed E-state index contributed by atoms with van der Waals surface area (Å²) in [6.45, 7) is 0. The average molecular weight is 424 g/mol. The minimum Gasteiger partial charge on any atom is -0.310 e. The largest absolute Gasteiger partial charge is 0.310 e. The number of para-hydroxylation sites is 1. The number of rotatable bonds is 1. The van der Waals surface area contributed by atoms with Gasteiger partial charge in [0.25, 0.3) is 0 Å². The molecule has 0 amide bonds. The topological polar surface area (TPSA) is 4.93 Å². The first-order valence-electron chi connectivity index (χ1n) is 9.66. The average Bonchev–Trinajstić information content (AvgIpc) is 3.07. The number of nitrogens with zero attached hydrogens (tertiary/aromatic N) is 1. The lowest BCUT2D eigenvalue weighted by atomic mass is 10.0. The predicted octanol–water partition coefficient (Wildman–Crippen LogP) is 7.27. The van der Waals surface area contributed by atoms with Gasteiger partial charge in [0, 0.05) is 21.6 Å². The standard InChI is InChI=1S/C26H18BrN/c27-19-11-14-26-24(16-19)23-7-3-4-8-25(23)28(26)20-12-13-22-18(15-20)10-9-17-5-1-2-6-21(17)22/h1-15,19H,16H2. The third kappa shape index (κ3) is 2.31. The molecule has 6 rings (SSSR count). The Labute approximate surface area is 172 Å². The van der Waals surface area contributed by atoms with Crippen molar-refractivity contribution in [1.29, 1.82) is 0 Å². The molecule has 0 saturated carbocycles. The van der Waals surface area contributed by atoms with Crippen molar-refractivity contribution in [3.05, 3.63) is 96.2 Å². The molecule has 134 valence electrons. The van der Waals surface area contributed by atoms with Crippen molar-refractivity contribution in [1.82, 2.24) is 4.57 Å². The Bertz CT molecular complexity index is 1410. The van der Waals surface area contributed by atoms with E-state index in [9.17, 15) is 0 Å². The summed E-state index contributed by atoms with van der Waals surface area (Å²) < 4.78 is 2.41. The van der Waals surface area contributed by atoms with Crippen LogP contribution in [0.15, 0.2) is 84.9 Å². The smallest absolute Gasteiger partial charge is 0.0537 e. The maximum atomic E-state index is 3.77. The van der Waals surface area contributed by atoms with Gasteiger partial charge < -0.3 is 4.57 Å². The van der Waals surface area contributed by atoms with Crippen molar-refractivity contribution in [2.45, 2.75) is 11.2 Å². The van der Waals surface area contributed by atoms with Gasteiger partial charge in [-0.1, -0.05) is 82.7 Å². The molecule has 1 aliphatic carbocycles. The molecule has 0 spiro atoms. The Morgan fingerprint density at radius 3 is 2.43 bits per heavy atom. The molecule has 0 aliphatic heterocycles. The molecule has 4 aromatic carbocycles. The van der Waals surface area contributed by atoms with Gasteiger partial charge in [0.05, 0.1) is 5.52 Å². The van der Waals surface area contributed by atoms with Crippen LogP contribution < -0.4 is 0 Å². The van der Waals surface area contributed by atoms with E-state index < -0.39 is 0 Å². The van der Waals surface area contributed by atoms with Crippen molar-refractivity contribution >= 4 is 54.5 Å². The summed E-state index contributed by atoms with van der Waals surface area (Å²) in [7, 11) is 0. The van der Waals surface area contributed by atoms with E-state index in [1.54, 1.807) is 0 Å². The molecular formula is C26H18BrN. The van der Waals surface area contributed by atoms with E-state index in [2.05, 4.69) is 112 Å². The third-order valence-electron chi connectivity index (χ3n) is 5.87. The minimum atomic E-state index is 0.405. The number of benzene rings is 4. The molecule has 1 nitrogen and oxygen atoms in total. The zero-order valence-corrected chi connectivity index (χ0v) is 16.9. The summed E-state index contributed by atoms with van der Waals surface area (Å²) in [6.07, 6.45) is 5.55. The number of aromatic nitrogens is 1. The number of fused-ring (bicyclic) bond motifs is 6. The van der Waals surface area contributed by atoms with Crippen LogP contribution in [-0.4, -0.2) is 9.39 Å². The zero-order chi connectivity index (χ0) is 18.7. The molecule has 1 atom stereocenters. The number of hydrogen-bond donors (Lipinski definition) is 0. The lowest BCUT2D eigenvalue weighted by Gasteiger charge is -2.15. The van der Waals surface area contributed by atoms with Gasteiger partial charge in [-0.3, -0.25) is 0 Å². The Morgan fingerprint density at radius 1 is 0.750 bits per heavy atom. The predicted molar refractivity (Wildman–Crippen MR) is 124 cm³/mol. The molecule has 0 fully saturated rings. The van der Waals surface area contributed by atoms with Crippen molar-refractivity contribution < 1.29 is 0 Å². The molecule has 1 unspecified atom stereocenters. The summed E-state index contributed by atoms with van der Waals surface area (Å²) in [6, 6.07) is 28.7. The van der Waals surface area contributed by atoms with Crippen LogP contribution in [0.1, 0.15) is 11.3 Å². The monoisotopic (exact) mass is 423 g/mol. The first kappa shape index (κ1) is 16.1. The molecule has 1 aromatic heterocycles. The van der Waals surface area contributed by atoms with Crippen LogP contribution in [0.2, 0.25) is 0 Å². The first-order chi connectivity index (χ1) is 13.8. The van der Waals surface area contributed by atoms with Crippen molar-refractivity contribution in [2.24, 2.45) is 0 Å². The molecule has 0 bridgehead atoms. The van der Waals surface area contributed by atoms with Gasteiger partial charge in [0.1, 0.15) is 0 Å². The van der Waals surface area contributed by atoms with E-state index in [4.69, 9.17) is 0 Å². The Hall–Kier alpha value is -2.84. The number of allylic oxidation sites excluding steroid dienone is 1. The van der Waals surface area contributed by atoms with Gasteiger partial charge in [-0.25, -0.2) is 0 Å². The van der Waals surface area contributed by atoms with Crippen molar-refractivity contribution in [3.63, 3.8) is 0 Å². The highest BCUT2D eigenvalue weighted by atomic mass is 79.9. The Kier molecular flexibility index (Phi) is 3.51. The normalized spacial score (nSPS) is 16.1. The molecule has 1 aliphatic rings. The SMILES string of the molecule is BrC1C=Cc2c(c3ccccc3n2-c2ccc3c(ccc4ccccc43)c2)C1. The molecule has 0 N–H and O–H groups in total. The van der Waals surface area contributed by atoms with Gasteiger partial charge in [-0.2, -0.15) is 0 Å². The molecule has 2 heteroatoms.